The van der Waals surface area contributed by atoms with Crippen molar-refractivity contribution in [3.63, 3.8) is 0 Å². The summed E-state index contributed by atoms with van der Waals surface area (Å²) in [6.07, 6.45) is 3.20. The average Bonchev–Trinajstić information content (AvgIpc) is 2.67. The van der Waals surface area contributed by atoms with Crippen molar-refractivity contribution in [2.24, 2.45) is 0 Å². The van der Waals surface area contributed by atoms with Crippen LogP contribution in [-0.4, -0.2) is 21.5 Å². The van der Waals surface area contributed by atoms with Crippen LogP contribution in [0.1, 0.15) is 15.9 Å². The van der Waals surface area contributed by atoms with Crippen LogP contribution in [0.4, 0.5) is 0 Å². The van der Waals surface area contributed by atoms with Crippen LogP contribution in [0.2, 0.25) is 0 Å². The monoisotopic (exact) mass is 347 g/mol. The number of carbonyl (C=O) groups is 1. The number of ketones is 1. The fraction of sp³-hybridized carbons (Fsp3) is 0.0526. The summed E-state index contributed by atoms with van der Waals surface area (Å²) in [5.41, 5.74) is 1.88. The van der Waals surface area contributed by atoms with E-state index in [1.54, 1.807) is 48.8 Å². The Kier molecular flexibility index (Phi) is 5.07. The van der Waals surface area contributed by atoms with Gasteiger partial charge in [0, 0.05) is 29.6 Å². The number of nitriles is 1. The van der Waals surface area contributed by atoms with E-state index in [9.17, 15) is 14.9 Å². The molecule has 1 aromatic carbocycles. The van der Waals surface area contributed by atoms with Crippen molar-refractivity contribution in [1.29, 1.82) is 5.26 Å². The van der Waals surface area contributed by atoms with Gasteiger partial charge in [0.05, 0.1) is 16.3 Å². The number of Topliss-reactive ketones (excluding diaryl/α,β-unsaturated/α-hetero) is 1. The molecule has 3 rings (SSSR count). The lowest BCUT2D eigenvalue weighted by molar-refractivity contribution is 0.102. The average molecular weight is 347 g/mol. The molecule has 2 aromatic heterocycles. The molecular weight excluding hydrogens is 334 g/mol. The minimum Gasteiger partial charge on any atom is -0.316 e. The lowest BCUT2D eigenvalue weighted by Crippen LogP contribution is -2.10. The second kappa shape index (κ2) is 7.60. The molecule has 0 amide bonds. The van der Waals surface area contributed by atoms with Crippen LogP contribution in [-0.2, 0) is 0 Å². The van der Waals surface area contributed by atoms with Crippen molar-refractivity contribution in [1.82, 2.24) is 9.97 Å². The van der Waals surface area contributed by atoms with Crippen LogP contribution >= 0.6 is 11.8 Å². The van der Waals surface area contributed by atoms with Crippen molar-refractivity contribution < 1.29 is 4.79 Å². The van der Waals surface area contributed by atoms with E-state index in [4.69, 9.17) is 0 Å². The molecule has 3 aromatic rings. The number of nitrogens with zero attached hydrogens (tertiary/aromatic N) is 2. The first-order valence-corrected chi connectivity index (χ1v) is 8.46. The van der Waals surface area contributed by atoms with Gasteiger partial charge in [0.15, 0.2) is 5.78 Å². The van der Waals surface area contributed by atoms with E-state index in [2.05, 4.69) is 16.0 Å². The highest BCUT2D eigenvalue weighted by Gasteiger charge is 2.15. The van der Waals surface area contributed by atoms with Gasteiger partial charge >= 0.3 is 0 Å². The standard InChI is InChI=1S/C19H13N3O2S/c20-11-16-15(13-6-8-21-9-7-13)10-18(24)22-19(16)25-12-17(23)14-4-2-1-3-5-14/h1-10H,12H2,(H,22,24). The summed E-state index contributed by atoms with van der Waals surface area (Å²) in [6.45, 7) is 0. The minimum atomic E-state index is -0.319. The molecular formula is C19H13N3O2S. The van der Waals surface area contributed by atoms with Crippen molar-refractivity contribution in [2.75, 3.05) is 5.75 Å². The number of aromatic nitrogens is 2. The fourth-order valence-corrected chi connectivity index (χ4v) is 3.27. The molecule has 0 bridgehead atoms. The summed E-state index contributed by atoms with van der Waals surface area (Å²) in [5.74, 6) is 0.0682. The number of thioether (sulfide) groups is 1. The maximum absolute atomic E-state index is 12.3. The van der Waals surface area contributed by atoms with E-state index in [-0.39, 0.29) is 17.1 Å². The highest BCUT2D eigenvalue weighted by atomic mass is 32.2. The smallest absolute Gasteiger partial charge is 0.249 e. The number of nitrogens with one attached hydrogen (secondary N) is 1. The maximum atomic E-state index is 12.3. The number of benzene rings is 1. The van der Waals surface area contributed by atoms with Crippen LogP contribution in [0, 0.1) is 11.3 Å². The van der Waals surface area contributed by atoms with E-state index in [1.165, 1.54) is 6.07 Å². The van der Waals surface area contributed by atoms with Gasteiger partial charge < -0.3 is 4.98 Å². The summed E-state index contributed by atoms with van der Waals surface area (Å²) in [5, 5.41) is 9.94. The fourth-order valence-electron chi connectivity index (χ4n) is 2.36. The van der Waals surface area contributed by atoms with Gasteiger partial charge in [0.2, 0.25) is 5.56 Å². The predicted molar refractivity (Wildman–Crippen MR) is 96.5 cm³/mol. The van der Waals surface area contributed by atoms with Crippen molar-refractivity contribution in [3.8, 4) is 17.2 Å². The number of carbonyl (C=O) groups excluding carboxylic acids is 1. The molecule has 122 valence electrons. The molecule has 2 heterocycles. The SMILES string of the molecule is N#Cc1c(-c2ccncc2)cc(=O)[nH]c1SCC(=O)c1ccccc1. The Hall–Kier alpha value is -3.17. The largest absolute Gasteiger partial charge is 0.316 e. The number of H-pyrrole nitrogens is 1. The summed E-state index contributed by atoms with van der Waals surface area (Å²) in [7, 11) is 0. The first-order chi connectivity index (χ1) is 12.2. The Morgan fingerprint density at radius 1 is 1.16 bits per heavy atom. The predicted octanol–water partition coefficient (Wildman–Crippen LogP) is 3.28. The molecule has 0 atom stereocenters. The molecule has 1 N–H and O–H groups in total. The van der Waals surface area contributed by atoms with Gasteiger partial charge in [0.1, 0.15) is 6.07 Å². The number of aromatic amines is 1. The van der Waals surface area contributed by atoms with Crippen molar-refractivity contribution in [3.05, 3.63) is 82.4 Å². The zero-order valence-electron chi connectivity index (χ0n) is 13.1. The van der Waals surface area contributed by atoms with Gasteiger partial charge in [-0.1, -0.05) is 42.1 Å². The Morgan fingerprint density at radius 3 is 2.56 bits per heavy atom. The maximum Gasteiger partial charge on any atom is 0.249 e. The summed E-state index contributed by atoms with van der Waals surface area (Å²) in [4.78, 5) is 30.8. The van der Waals surface area contributed by atoms with Crippen LogP contribution in [0.3, 0.4) is 0 Å². The molecule has 0 aliphatic heterocycles. The second-order valence-corrected chi connectivity index (χ2v) is 6.16. The quantitative estimate of drug-likeness (QED) is 0.565. The molecule has 0 aliphatic carbocycles. The summed E-state index contributed by atoms with van der Waals surface area (Å²) < 4.78 is 0. The molecule has 0 aliphatic rings. The lowest BCUT2D eigenvalue weighted by Gasteiger charge is -2.08. The zero-order valence-corrected chi connectivity index (χ0v) is 13.9. The zero-order chi connectivity index (χ0) is 17.6. The lowest BCUT2D eigenvalue weighted by atomic mass is 10.0. The highest BCUT2D eigenvalue weighted by molar-refractivity contribution is 8.00. The van der Waals surface area contributed by atoms with Gasteiger partial charge in [-0.05, 0) is 17.7 Å². The van der Waals surface area contributed by atoms with E-state index in [0.29, 0.717) is 21.7 Å². The first kappa shape index (κ1) is 16.7. The second-order valence-electron chi connectivity index (χ2n) is 5.18. The molecule has 0 fully saturated rings. The molecule has 0 spiro atoms. The van der Waals surface area contributed by atoms with Gasteiger partial charge in [0.25, 0.3) is 0 Å². The Morgan fingerprint density at radius 2 is 1.88 bits per heavy atom. The van der Waals surface area contributed by atoms with Gasteiger partial charge in [-0.25, -0.2) is 0 Å². The molecule has 6 heteroatoms. The summed E-state index contributed by atoms with van der Waals surface area (Å²) >= 11 is 1.15. The van der Waals surface area contributed by atoms with Crippen LogP contribution in [0.5, 0.6) is 0 Å². The minimum absolute atomic E-state index is 0.0651. The van der Waals surface area contributed by atoms with Gasteiger partial charge in [-0.15, -0.1) is 0 Å². The third-order valence-corrected chi connectivity index (χ3v) is 4.56. The molecule has 0 radical (unpaired) electrons. The van der Waals surface area contributed by atoms with Crippen molar-refractivity contribution >= 4 is 17.5 Å². The topological polar surface area (TPSA) is 86.6 Å². The van der Waals surface area contributed by atoms with Crippen LogP contribution in [0.25, 0.3) is 11.1 Å². The number of hydrogen-bond acceptors (Lipinski definition) is 5. The molecule has 0 saturated heterocycles. The van der Waals surface area contributed by atoms with Gasteiger partial charge in [-0.2, -0.15) is 5.26 Å². The Bertz CT molecular complexity index is 993. The third kappa shape index (κ3) is 3.84. The van der Waals surface area contributed by atoms with E-state index in [0.717, 1.165) is 17.3 Å². The highest BCUT2D eigenvalue weighted by Crippen LogP contribution is 2.28. The molecule has 25 heavy (non-hydrogen) atoms. The number of pyridine rings is 2. The summed E-state index contributed by atoms with van der Waals surface area (Å²) in [6, 6.07) is 15.9. The Labute approximate surface area is 148 Å². The number of hydrogen-bond donors (Lipinski definition) is 1. The molecule has 0 unspecified atom stereocenters. The first-order valence-electron chi connectivity index (χ1n) is 7.48. The van der Waals surface area contributed by atoms with Crippen LogP contribution < -0.4 is 5.56 Å². The Balaban J connectivity index is 1.92. The normalized spacial score (nSPS) is 10.2. The third-order valence-electron chi connectivity index (χ3n) is 3.56. The van der Waals surface area contributed by atoms with Crippen molar-refractivity contribution in [2.45, 2.75) is 5.03 Å². The van der Waals surface area contributed by atoms with E-state index >= 15 is 0 Å². The number of rotatable bonds is 5. The van der Waals surface area contributed by atoms with Crippen LogP contribution in [0.15, 0.2) is 70.7 Å². The molecule has 0 saturated carbocycles. The van der Waals surface area contributed by atoms with Gasteiger partial charge in [-0.3, -0.25) is 14.6 Å². The molecule has 5 nitrogen and oxygen atoms in total. The van der Waals surface area contributed by atoms with E-state index < -0.39 is 0 Å². The van der Waals surface area contributed by atoms with E-state index in [1.807, 2.05) is 6.07 Å².